The third-order valence-corrected chi connectivity index (χ3v) is 6.37. The maximum Gasteiger partial charge on any atom is 0.0755 e. The second kappa shape index (κ2) is 17.2. The minimum Gasteiger partial charge on any atom is -0.389 e. The van der Waals surface area contributed by atoms with Crippen molar-refractivity contribution in [2.24, 2.45) is 5.10 Å². The maximum atomic E-state index is 5.15. The van der Waals surface area contributed by atoms with Gasteiger partial charge in [0, 0.05) is 43.1 Å². The van der Waals surface area contributed by atoms with Gasteiger partial charge >= 0.3 is 0 Å². The Labute approximate surface area is 226 Å². The van der Waals surface area contributed by atoms with Crippen LogP contribution in [0.15, 0.2) is 96.9 Å². The lowest BCUT2D eigenvalue weighted by Gasteiger charge is -2.23. The smallest absolute Gasteiger partial charge is 0.0755 e. The fourth-order valence-corrected chi connectivity index (χ4v) is 4.38. The van der Waals surface area contributed by atoms with Crippen molar-refractivity contribution >= 4 is 11.4 Å². The fourth-order valence-electron chi connectivity index (χ4n) is 4.38. The van der Waals surface area contributed by atoms with E-state index in [0.717, 1.165) is 61.4 Å². The molecule has 0 heterocycles. The summed E-state index contributed by atoms with van der Waals surface area (Å²) in [4.78, 5) is 0. The molecule has 1 unspecified atom stereocenters. The summed E-state index contributed by atoms with van der Waals surface area (Å²) in [5, 5.41) is 14.0. The predicted molar refractivity (Wildman–Crippen MR) is 163 cm³/mol. The lowest BCUT2D eigenvalue weighted by atomic mass is 9.87. The van der Waals surface area contributed by atoms with Crippen molar-refractivity contribution < 1.29 is 0 Å². The van der Waals surface area contributed by atoms with E-state index in [-0.39, 0.29) is 5.92 Å². The highest BCUT2D eigenvalue weighted by atomic mass is 15.4. The van der Waals surface area contributed by atoms with E-state index in [0.29, 0.717) is 0 Å². The van der Waals surface area contributed by atoms with Gasteiger partial charge in [0.2, 0.25) is 0 Å². The van der Waals surface area contributed by atoms with Gasteiger partial charge in [-0.05, 0) is 62.3 Å². The monoisotopic (exact) mass is 500 g/mol. The molecule has 2 N–H and O–H groups in total. The topological polar surface area (TPSA) is 39.7 Å². The highest BCUT2D eigenvalue weighted by molar-refractivity contribution is 6.05. The number of rotatable bonds is 19. The van der Waals surface area contributed by atoms with Crippen LogP contribution in [-0.4, -0.2) is 30.9 Å². The van der Waals surface area contributed by atoms with Crippen molar-refractivity contribution in [2.75, 3.05) is 25.5 Å². The molecule has 0 aliphatic rings. The molecule has 0 fully saturated rings. The molecule has 0 saturated carbocycles. The van der Waals surface area contributed by atoms with Crippen LogP contribution in [0, 0.1) is 0 Å². The van der Waals surface area contributed by atoms with Crippen LogP contribution < -0.4 is 10.6 Å². The second-order valence-electron chi connectivity index (χ2n) is 9.88. The number of hydrogen-bond acceptors (Lipinski definition) is 4. The summed E-state index contributed by atoms with van der Waals surface area (Å²) in [7, 11) is 2.08. The van der Waals surface area contributed by atoms with Gasteiger partial charge in [-0.15, -0.1) is 6.58 Å². The van der Waals surface area contributed by atoms with Gasteiger partial charge in [-0.25, -0.2) is 0 Å². The Morgan fingerprint density at radius 2 is 1.70 bits per heavy atom. The lowest BCUT2D eigenvalue weighted by Crippen LogP contribution is -2.22. The molecule has 0 saturated heterocycles. The largest absolute Gasteiger partial charge is 0.389 e. The highest BCUT2D eigenvalue weighted by Gasteiger charge is 2.20. The van der Waals surface area contributed by atoms with Crippen LogP contribution in [0.5, 0.6) is 0 Å². The Hall–Kier alpha value is -3.27. The van der Waals surface area contributed by atoms with Crippen molar-refractivity contribution in [2.45, 2.75) is 71.1 Å². The minimum atomic E-state index is 0.138. The number of hydrazone groups is 1. The molecule has 2 aromatic rings. The van der Waals surface area contributed by atoms with Gasteiger partial charge in [0.25, 0.3) is 0 Å². The first kappa shape index (κ1) is 30.0. The Morgan fingerprint density at radius 1 is 0.973 bits per heavy atom. The molecule has 37 heavy (non-hydrogen) atoms. The molecule has 0 bridgehead atoms. The number of nitrogens with one attached hydrogen (secondary N) is 2. The van der Waals surface area contributed by atoms with Gasteiger partial charge in [-0.1, -0.05) is 87.9 Å². The van der Waals surface area contributed by atoms with E-state index in [1.54, 1.807) is 0 Å². The van der Waals surface area contributed by atoms with Gasteiger partial charge < -0.3 is 10.6 Å². The average molecular weight is 501 g/mol. The van der Waals surface area contributed by atoms with E-state index in [1.807, 2.05) is 13.0 Å². The number of nitrogens with zero attached hydrogens (tertiary/aromatic N) is 2. The van der Waals surface area contributed by atoms with Crippen molar-refractivity contribution in [3.8, 4) is 0 Å². The Morgan fingerprint density at radius 3 is 2.35 bits per heavy atom. The van der Waals surface area contributed by atoms with Gasteiger partial charge in [-0.2, -0.15) is 5.10 Å². The van der Waals surface area contributed by atoms with Crippen molar-refractivity contribution in [1.82, 2.24) is 10.3 Å². The highest BCUT2D eigenvalue weighted by Crippen LogP contribution is 2.27. The van der Waals surface area contributed by atoms with E-state index in [2.05, 4.69) is 104 Å². The molecule has 0 aliphatic carbocycles. The van der Waals surface area contributed by atoms with Gasteiger partial charge in [-0.3, -0.25) is 5.01 Å². The van der Waals surface area contributed by atoms with Crippen LogP contribution >= 0.6 is 0 Å². The molecule has 2 aromatic carbocycles. The zero-order chi connectivity index (χ0) is 26.9. The average Bonchev–Trinajstić information content (AvgIpc) is 2.89. The van der Waals surface area contributed by atoms with E-state index in [9.17, 15) is 0 Å². The van der Waals surface area contributed by atoms with Gasteiger partial charge in [0.1, 0.15) is 0 Å². The van der Waals surface area contributed by atoms with Crippen LogP contribution in [0.3, 0.4) is 0 Å². The summed E-state index contributed by atoms with van der Waals surface area (Å²) in [5.74, 6) is 0.138. The van der Waals surface area contributed by atoms with Crippen LogP contribution in [0.4, 0.5) is 5.69 Å². The Bertz CT molecular complexity index is 975. The van der Waals surface area contributed by atoms with Crippen LogP contribution in [0.2, 0.25) is 0 Å². The van der Waals surface area contributed by atoms with E-state index < -0.39 is 0 Å². The predicted octanol–water partition coefficient (Wildman–Crippen LogP) is 8.48. The van der Waals surface area contributed by atoms with Gasteiger partial charge in [0.15, 0.2) is 0 Å². The first-order chi connectivity index (χ1) is 17.9. The first-order valence-corrected chi connectivity index (χ1v) is 13.8. The summed E-state index contributed by atoms with van der Waals surface area (Å²) in [6.07, 6.45) is 11.2. The summed E-state index contributed by atoms with van der Waals surface area (Å²) in [6.45, 7) is 18.3. The van der Waals surface area contributed by atoms with Gasteiger partial charge in [0.05, 0.1) is 5.71 Å². The molecule has 0 radical (unpaired) electrons. The summed E-state index contributed by atoms with van der Waals surface area (Å²) in [6, 6.07) is 19.1. The molecule has 1 atom stereocenters. The minimum absolute atomic E-state index is 0.138. The summed E-state index contributed by atoms with van der Waals surface area (Å²) in [5.41, 5.74) is 6.56. The first-order valence-electron chi connectivity index (χ1n) is 13.8. The molecule has 4 heteroatoms. The zero-order valence-corrected chi connectivity index (χ0v) is 23.4. The molecule has 200 valence electrons. The third-order valence-electron chi connectivity index (χ3n) is 6.37. The molecule has 4 nitrogen and oxygen atoms in total. The molecule has 0 aliphatic heterocycles. The fraction of sp³-hybridized carbons (Fsp3) is 0.424. The van der Waals surface area contributed by atoms with Crippen LogP contribution in [0.25, 0.3) is 0 Å². The zero-order valence-electron chi connectivity index (χ0n) is 23.4. The van der Waals surface area contributed by atoms with Crippen molar-refractivity contribution in [3.63, 3.8) is 0 Å². The quantitative estimate of drug-likeness (QED) is 0.0879. The van der Waals surface area contributed by atoms with E-state index in [4.69, 9.17) is 5.10 Å². The maximum absolute atomic E-state index is 5.15. The number of allylic oxidation sites excluding steroid dienone is 3. The van der Waals surface area contributed by atoms with Crippen LogP contribution in [-0.2, 0) is 0 Å². The normalized spacial score (nSPS) is 12.0. The van der Waals surface area contributed by atoms with Crippen molar-refractivity contribution in [1.29, 1.82) is 0 Å². The Kier molecular flexibility index (Phi) is 14.0. The molecule has 0 amide bonds. The standard InChI is InChI=1S/C33H48N4/c1-7-9-10-12-18-28(5)34-25-15-16-26-37(6)36-33(30-21-23-31(24-22-30)35-27(3)4)32(17-8-2)29-19-13-11-14-20-29/h8,11,13-14,19-24,32,34-35H,2-3,5,7,9-10,12,15-18,25-26H2,1,4,6H3/b36-33-. The number of benzene rings is 2. The number of anilines is 1. The number of hydrogen-bond donors (Lipinski definition) is 2. The molecule has 2 rings (SSSR count). The van der Waals surface area contributed by atoms with Crippen molar-refractivity contribution in [3.05, 3.63) is 103 Å². The van der Waals surface area contributed by atoms with E-state index in [1.165, 1.54) is 36.9 Å². The molecule has 0 aromatic heterocycles. The molecular formula is C33H48N4. The van der Waals surface area contributed by atoms with E-state index >= 15 is 0 Å². The molecule has 0 spiro atoms. The number of unbranched alkanes of at least 4 members (excludes halogenated alkanes) is 4. The third kappa shape index (κ3) is 11.6. The lowest BCUT2D eigenvalue weighted by molar-refractivity contribution is 0.342. The van der Waals surface area contributed by atoms with Crippen LogP contribution in [0.1, 0.15) is 82.3 Å². The Balaban J connectivity index is 2.06. The summed E-state index contributed by atoms with van der Waals surface area (Å²) < 4.78 is 0. The second-order valence-corrected chi connectivity index (χ2v) is 9.88. The summed E-state index contributed by atoms with van der Waals surface area (Å²) >= 11 is 0. The molecular weight excluding hydrogens is 452 g/mol. The SMILES string of the molecule is C=CCC(/C(=N\N(C)CCCCNC(=C)CCCCCC)c1ccc(NC(=C)C)cc1)c1ccccc1.